The lowest BCUT2D eigenvalue weighted by atomic mass is 10.2. The molecule has 1 aromatic heterocycles. The van der Waals surface area contributed by atoms with Crippen molar-refractivity contribution in [3.63, 3.8) is 0 Å². The van der Waals surface area contributed by atoms with E-state index in [9.17, 15) is 4.79 Å². The van der Waals surface area contributed by atoms with Gasteiger partial charge in [-0.3, -0.25) is 10.1 Å². The van der Waals surface area contributed by atoms with Crippen molar-refractivity contribution in [2.75, 3.05) is 11.9 Å². The number of hydrogen-bond donors (Lipinski definition) is 1. The molecule has 0 aliphatic rings. The summed E-state index contributed by atoms with van der Waals surface area (Å²) in [5, 5.41) is 12.9. The Morgan fingerprint density at radius 3 is 2.91 bits per heavy atom. The van der Waals surface area contributed by atoms with Crippen LogP contribution in [0, 0.1) is 6.92 Å². The fraction of sp³-hybridized carbons (Fsp3) is 0.438. The molecule has 124 valence electrons. The first-order valence-electron chi connectivity index (χ1n) is 7.59. The van der Waals surface area contributed by atoms with E-state index in [1.807, 2.05) is 6.92 Å². The number of ether oxygens (including phenoxy) is 1. The van der Waals surface area contributed by atoms with Crippen molar-refractivity contribution in [2.24, 2.45) is 0 Å². The van der Waals surface area contributed by atoms with Gasteiger partial charge in [-0.15, -0.1) is 10.2 Å². The highest BCUT2D eigenvalue weighted by Crippen LogP contribution is 2.22. The molecule has 0 fully saturated rings. The lowest BCUT2D eigenvalue weighted by Crippen LogP contribution is -2.20. The van der Waals surface area contributed by atoms with Gasteiger partial charge in [0, 0.05) is 11.4 Å². The molecule has 1 N–H and O–H groups in total. The van der Waals surface area contributed by atoms with Gasteiger partial charge in [0.1, 0.15) is 10.8 Å². The Labute approximate surface area is 145 Å². The Bertz CT molecular complexity index is 661. The van der Waals surface area contributed by atoms with E-state index in [4.69, 9.17) is 16.3 Å². The van der Waals surface area contributed by atoms with Crippen LogP contribution in [-0.4, -0.2) is 22.7 Å². The summed E-state index contributed by atoms with van der Waals surface area (Å²) in [6.45, 7) is 3.97. The second-order valence-electron chi connectivity index (χ2n) is 5.20. The van der Waals surface area contributed by atoms with Crippen molar-refractivity contribution in [3.8, 4) is 5.75 Å². The first kappa shape index (κ1) is 17.7. The molecular weight excluding hydrogens is 334 g/mol. The molecule has 23 heavy (non-hydrogen) atoms. The summed E-state index contributed by atoms with van der Waals surface area (Å²) in [5.41, 5.74) is 0.888. The second kappa shape index (κ2) is 8.84. The molecule has 5 nitrogen and oxygen atoms in total. The van der Waals surface area contributed by atoms with Gasteiger partial charge in [-0.1, -0.05) is 42.7 Å². The van der Waals surface area contributed by atoms with Crippen molar-refractivity contribution in [1.29, 1.82) is 0 Å². The predicted molar refractivity (Wildman–Crippen MR) is 93.5 cm³/mol. The SMILES string of the molecule is CCCCCc1nnc(NC(=O)COc2ccc(Cl)cc2C)s1. The fourth-order valence-corrected chi connectivity index (χ4v) is 3.03. The number of nitrogens with zero attached hydrogens (tertiary/aromatic N) is 2. The molecule has 2 rings (SSSR count). The van der Waals surface area contributed by atoms with E-state index in [2.05, 4.69) is 22.4 Å². The summed E-state index contributed by atoms with van der Waals surface area (Å²) in [5.74, 6) is 0.387. The van der Waals surface area contributed by atoms with E-state index in [0.29, 0.717) is 15.9 Å². The Morgan fingerprint density at radius 2 is 2.17 bits per heavy atom. The Kier molecular flexibility index (Phi) is 6.80. The molecule has 1 amide bonds. The Balaban J connectivity index is 1.80. The molecular formula is C16H20ClN3O2S. The number of amides is 1. The molecule has 0 saturated heterocycles. The van der Waals surface area contributed by atoms with Gasteiger partial charge in [-0.2, -0.15) is 0 Å². The van der Waals surface area contributed by atoms with E-state index >= 15 is 0 Å². The van der Waals surface area contributed by atoms with Crippen LogP contribution in [0.3, 0.4) is 0 Å². The Hall–Kier alpha value is -1.66. The number of nitrogens with one attached hydrogen (secondary N) is 1. The summed E-state index contributed by atoms with van der Waals surface area (Å²) in [6, 6.07) is 5.28. The number of aromatic nitrogens is 2. The Morgan fingerprint density at radius 1 is 1.35 bits per heavy atom. The van der Waals surface area contributed by atoms with Crippen LogP contribution in [0.1, 0.15) is 36.8 Å². The first-order chi connectivity index (χ1) is 11.1. The van der Waals surface area contributed by atoms with Crippen molar-refractivity contribution in [2.45, 2.75) is 39.5 Å². The zero-order chi connectivity index (χ0) is 16.7. The van der Waals surface area contributed by atoms with Crippen LogP contribution in [0.25, 0.3) is 0 Å². The molecule has 2 aromatic rings. The number of carbonyl (C=O) groups excluding carboxylic acids is 1. The summed E-state index contributed by atoms with van der Waals surface area (Å²) in [4.78, 5) is 11.9. The summed E-state index contributed by atoms with van der Waals surface area (Å²) in [6.07, 6.45) is 4.35. The normalized spacial score (nSPS) is 10.6. The average molecular weight is 354 g/mol. The second-order valence-corrected chi connectivity index (χ2v) is 6.70. The van der Waals surface area contributed by atoms with Gasteiger partial charge in [0.15, 0.2) is 6.61 Å². The smallest absolute Gasteiger partial charge is 0.264 e. The maximum absolute atomic E-state index is 11.9. The van der Waals surface area contributed by atoms with Gasteiger partial charge in [0.2, 0.25) is 5.13 Å². The zero-order valence-electron chi connectivity index (χ0n) is 13.3. The predicted octanol–water partition coefficient (Wildman–Crippen LogP) is 4.25. The minimum atomic E-state index is -0.254. The van der Waals surface area contributed by atoms with E-state index in [1.54, 1.807) is 18.2 Å². The number of benzene rings is 1. The minimum absolute atomic E-state index is 0.0762. The molecule has 0 radical (unpaired) electrons. The number of hydrogen-bond acceptors (Lipinski definition) is 5. The fourth-order valence-electron chi connectivity index (χ4n) is 2.00. The van der Waals surface area contributed by atoms with Gasteiger partial charge < -0.3 is 4.74 Å². The van der Waals surface area contributed by atoms with E-state index in [0.717, 1.165) is 23.4 Å². The van der Waals surface area contributed by atoms with Crippen LogP contribution >= 0.6 is 22.9 Å². The highest BCUT2D eigenvalue weighted by atomic mass is 35.5. The summed E-state index contributed by atoms with van der Waals surface area (Å²) >= 11 is 7.30. The van der Waals surface area contributed by atoms with Crippen molar-refractivity contribution in [3.05, 3.63) is 33.8 Å². The van der Waals surface area contributed by atoms with Crippen LogP contribution in [0.4, 0.5) is 5.13 Å². The molecule has 0 saturated carbocycles. The lowest BCUT2D eigenvalue weighted by Gasteiger charge is -2.08. The van der Waals surface area contributed by atoms with Crippen LogP contribution in [0.15, 0.2) is 18.2 Å². The molecule has 1 aromatic carbocycles. The van der Waals surface area contributed by atoms with Crippen LogP contribution in [-0.2, 0) is 11.2 Å². The molecule has 0 spiro atoms. The topological polar surface area (TPSA) is 64.1 Å². The lowest BCUT2D eigenvalue weighted by molar-refractivity contribution is -0.118. The third-order valence-corrected chi connectivity index (χ3v) is 4.34. The highest BCUT2D eigenvalue weighted by Gasteiger charge is 2.09. The van der Waals surface area contributed by atoms with Crippen LogP contribution < -0.4 is 10.1 Å². The van der Waals surface area contributed by atoms with E-state index in [1.165, 1.54) is 24.2 Å². The minimum Gasteiger partial charge on any atom is -0.483 e. The van der Waals surface area contributed by atoms with E-state index < -0.39 is 0 Å². The van der Waals surface area contributed by atoms with Crippen molar-refractivity contribution < 1.29 is 9.53 Å². The molecule has 0 aliphatic carbocycles. The van der Waals surface area contributed by atoms with Crippen LogP contribution in [0.2, 0.25) is 5.02 Å². The number of rotatable bonds is 8. The monoisotopic (exact) mass is 353 g/mol. The summed E-state index contributed by atoms with van der Waals surface area (Å²) < 4.78 is 5.50. The number of unbranched alkanes of at least 4 members (excludes halogenated alkanes) is 2. The van der Waals surface area contributed by atoms with Gasteiger partial charge in [-0.05, 0) is 37.1 Å². The molecule has 0 bridgehead atoms. The van der Waals surface area contributed by atoms with Gasteiger partial charge >= 0.3 is 0 Å². The quantitative estimate of drug-likeness (QED) is 0.720. The largest absolute Gasteiger partial charge is 0.483 e. The van der Waals surface area contributed by atoms with E-state index in [-0.39, 0.29) is 12.5 Å². The van der Waals surface area contributed by atoms with Gasteiger partial charge in [0.25, 0.3) is 5.91 Å². The molecule has 0 aliphatic heterocycles. The average Bonchev–Trinajstić information content (AvgIpc) is 2.94. The maximum Gasteiger partial charge on any atom is 0.264 e. The standard InChI is InChI=1S/C16H20ClN3O2S/c1-3-4-5-6-15-19-20-16(23-15)18-14(21)10-22-13-8-7-12(17)9-11(13)2/h7-9H,3-6,10H2,1-2H3,(H,18,20,21). The van der Waals surface area contributed by atoms with Gasteiger partial charge in [0.05, 0.1) is 0 Å². The molecule has 0 atom stereocenters. The number of carbonyl (C=O) groups is 1. The van der Waals surface area contributed by atoms with Crippen LogP contribution in [0.5, 0.6) is 5.75 Å². The number of anilines is 1. The number of halogens is 1. The highest BCUT2D eigenvalue weighted by molar-refractivity contribution is 7.15. The van der Waals surface area contributed by atoms with Gasteiger partial charge in [-0.25, -0.2) is 0 Å². The summed E-state index contributed by atoms with van der Waals surface area (Å²) in [7, 11) is 0. The molecule has 0 unspecified atom stereocenters. The molecule has 1 heterocycles. The third-order valence-electron chi connectivity index (χ3n) is 3.20. The third kappa shape index (κ3) is 5.80. The zero-order valence-corrected chi connectivity index (χ0v) is 14.8. The number of aryl methyl sites for hydroxylation is 2. The molecule has 7 heteroatoms. The van der Waals surface area contributed by atoms with Crippen molar-refractivity contribution in [1.82, 2.24) is 10.2 Å². The maximum atomic E-state index is 11.9. The first-order valence-corrected chi connectivity index (χ1v) is 8.79. The van der Waals surface area contributed by atoms with Crippen molar-refractivity contribution >= 4 is 34.0 Å².